The molecule has 0 bridgehead atoms. The number of aliphatic hydroxyl groups excluding tert-OH is 1. The zero-order chi connectivity index (χ0) is 28.9. The number of ether oxygens (including phenoxy) is 2. The lowest BCUT2D eigenvalue weighted by molar-refractivity contribution is -0.150. The summed E-state index contributed by atoms with van der Waals surface area (Å²) in [4.78, 5) is 80.0. The number of carboxylic acids is 1. The van der Waals surface area contributed by atoms with Gasteiger partial charge in [0, 0.05) is 18.6 Å². The summed E-state index contributed by atoms with van der Waals surface area (Å²) in [6, 6.07) is -2.34. The van der Waals surface area contributed by atoms with Gasteiger partial charge in [-0.25, -0.2) is 9.36 Å². The second-order valence-electron chi connectivity index (χ2n) is 8.57. The molecule has 1 fully saturated rings. The number of hydrogen-bond acceptors (Lipinski definition) is 13. The van der Waals surface area contributed by atoms with Crippen molar-refractivity contribution in [2.75, 3.05) is 24.6 Å². The number of hydrogen-bond donors (Lipinski definition) is 9. The second kappa shape index (κ2) is 12.7. The molecule has 0 aromatic carbocycles. The number of nitrogens with zero attached hydrogens (tertiary/aromatic N) is 2. The Hall–Kier alpha value is -3.94. The molecule has 39 heavy (non-hydrogen) atoms. The number of amides is 2. The van der Waals surface area contributed by atoms with E-state index in [1.165, 1.54) is 0 Å². The Bertz CT molecular complexity index is 1360. The van der Waals surface area contributed by atoms with Crippen molar-refractivity contribution in [2.24, 2.45) is 5.73 Å². The van der Waals surface area contributed by atoms with Crippen molar-refractivity contribution >= 4 is 53.5 Å². The third kappa shape index (κ3) is 7.34. The molecule has 0 aliphatic carbocycles. The number of carbonyl (C=O) groups is 4. The maximum absolute atomic E-state index is 12.4. The lowest BCUT2D eigenvalue weighted by atomic mass is 10.1. The van der Waals surface area contributed by atoms with Crippen molar-refractivity contribution in [2.45, 2.75) is 49.8 Å². The van der Waals surface area contributed by atoms with E-state index >= 15 is 0 Å². The predicted octanol–water partition coefficient (Wildman–Crippen LogP) is -4.09. The summed E-state index contributed by atoms with van der Waals surface area (Å²) in [5.41, 5.74) is 9.30. The first-order valence-corrected chi connectivity index (χ1v) is 12.2. The van der Waals surface area contributed by atoms with E-state index < -0.39 is 78.7 Å². The van der Waals surface area contributed by atoms with Crippen molar-refractivity contribution in [1.82, 2.24) is 30.2 Å². The molecule has 0 saturated carbocycles. The number of carboxylic acid groups (broad SMARTS) is 1. The Morgan fingerprint density at radius 2 is 2.00 bits per heavy atom. The van der Waals surface area contributed by atoms with E-state index in [-0.39, 0.29) is 42.1 Å². The molecule has 0 radical (unpaired) electrons. The third-order valence-corrected chi connectivity index (χ3v) is 6.10. The minimum absolute atomic E-state index is 0.0747. The van der Waals surface area contributed by atoms with Crippen molar-refractivity contribution in [1.29, 1.82) is 0 Å². The SMILES string of the molecule is Nc1nc2c([nH]c(=O)n2[C@H]2C[C@H](O)[C@@H](COC(=O)CNC(=O)C(CS)NC(=O)CCC(N)C(=O)O)O2)c(=O)[nH]1. The van der Waals surface area contributed by atoms with Crippen LogP contribution in [-0.4, -0.2) is 96.7 Å². The predicted molar refractivity (Wildman–Crippen MR) is 135 cm³/mol. The molecular weight excluding hydrogens is 544 g/mol. The summed E-state index contributed by atoms with van der Waals surface area (Å²) < 4.78 is 11.7. The van der Waals surface area contributed by atoms with Gasteiger partial charge in [-0.3, -0.25) is 33.9 Å². The molecule has 2 amide bonds. The topological polar surface area (TPSA) is 287 Å². The lowest BCUT2D eigenvalue weighted by Gasteiger charge is -2.18. The molecular formula is C20H28N8O10S. The number of fused-ring (bicyclic) bond motifs is 1. The van der Waals surface area contributed by atoms with Crippen LogP contribution >= 0.6 is 12.6 Å². The number of esters is 1. The van der Waals surface area contributed by atoms with Gasteiger partial charge in [-0.1, -0.05) is 0 Å². The Morgan fingerprint density at radius 3 is 2.67 bits per heavy atom. The van der Waals surface area contributed by atoms with Gasteiger partial charge in [0.1, 0.15) is 37.6 Å². The van der Waals surface area contributed by atoms with Gasteiger partial charge in [-0.05, 0) is 6.42 Å². The molecule has 3 rings (SSSR count). The number of carbonyl (C=O) groups excluding carboxylic acids is 3. The monoisotopic (exact) mass is 572 g/mol. The lowest BCUT2D eigenvalue weighted by Crippen LogP contribution is -2.49. The van der Waals surface area contributed by atoms with Gasteiger partial charge in [0.05, 0.1) is 6.10 Å². The summed E-state index contributed by atoms with van der Waals surface area (Å²) in [5.74, 6) is -3.85. The fraction of sp³-hybridized carbons (Fsp3) is 0.550. The third-order valence-electron chi connectivity index (χ3n) is 5.74. The Morgan fingerprint density at radius 1 is 1.28 bits per heavy atom. The molecule has 18 nitrogen and oxygen atoms in total. The zero-order valence-electron chi connectivity index (χ0n) is 20.3. The number of imidazole rings is 1. The Labute approximate surface area is 223 Å². The molecule has 1 aliphatic rings. The number of nitrogen functional groups attached to an aromatic ring is 1. The van der Waals surface area contributed by atoms with Gasteiger partial charge in [-0.15, -0.1) is 0 Å². The van der Waals surface area contributed by atoms with Gasteiger partial charge < -0.3 is 41.8 Å². The highest BCUT2D eigenvalue weighted by Gasteiger charge is 2.38. The van der Waals surface area contributed by atoms with Gasteiger partial charge in [0.15, 0.2) is 11.2 Å². The van der Waals surface area contributed by atoms with Crippen molar-refractivity contribution in [3.8, 4) is 0 Å². The summed E-state index contributed by atoms with van der Waals surface area (Å²) in [6.45, 7) is -1.00. The smallest absolute Gasteiger partial charge is 0.329 e. The molecule has 1 aliphatic heterocycles. The first-order valence-electron chi connectivity index (χ1n) is 11.6. The molecule has 5 atom stereocenters. The Kier molecular flexibility index (Phi) is 9.67. The molecule has 2 aromatic heterocycles. The number of thiol groups is 1. The van der Waals surface area contributed by atoms with E-state index in [0.29, 0.717) is 0 Å². The quantitative estimate of drug-likeness (QED) is 0.0864. The molecule has 10 N–H and O–H groups in total. The van der Waals surface area contributed by atoms with Crippen LogP contribution in [0.1, 0.15) is 25.5 Å². The van der Waals surface area contributed by atoms with E-state index in [4.69, 9.17) is 26.0 Å². The van der Waals surface area contributed by atoms with Crippen LogP contribution in [0, 0.1) is 0 Å². The average Bonchev–Trinajstić information content (AvgIpc) is 3.41. The second-order valence-corrected chi connectivity index (χ2v) is 8.93. The summed E-state index contributed by atoms with van der Waals surface area (Å²) in [6.07, 6.45) is -3.67. The average molecular weight is 573 g/mol. The number of nitrogens with one attached hydrogen (secondary N) is 4. The van der Waals surface area contributed by atoms with Crippen LogP contribution in [0.15, 0.2) is 9.59 Å². The van der Waals surface area contributed by atoms with Gasteiger partial charge in [0.25, 0.3) is 5.56 Å². The summed E-state index contributed by atoms with van der Waals surface area (Å²) in [5, 5.41) is 23.7. The van der Waals surface area contributed by atoms with Crippen LogP contribution in [0.25, 0.3) is 11.2 Å². The normalized spacial score (nSPS) is 20.3. The van der Waals surface area contributed by atoms with Crippen LogP contribution in [0.3, 0.4) is 0 Å². The molecule has 2 unspecified atom stereocenters. The van der Waals surface area contributed by atoms with E-state index in [0.717, 1.165) is 4.57 Å². The number of aromatic amines is 2. The first kappa shape index (κ1) is 29.6. The maximum atomic E-state index is 12.4. The van der Waals surface area contributed by atoms with E-state index in [2.05, 4.69) is 38.2 Å². The van der Waals surface area contributed by atoms with Gasteiger partial charge in [0.2, 0.25) is 17.8 Å². The molecule has 214 valence electrons. The molecule has 2 aromatic rings. The fourth-order valence-corrected chi connectivity index (χ4v) is 3.96. The van der Waals surface area contributed by atoms with Crippen LogP contribution in [0.4, 0.5) is 5.95 Å². The van der Waals surface area contributed by atoms with E-state index in [1.807, 2.05) is 0 Å². The van der Waals surface area contributed by atoms with Crippen LogP contribution < -0.4 is 33.3 Å². The largest absolute Gasteiger partial charge is 0.480 e. The van der Waals surface area contributed by atoms with Crippen LogP contribution in [-0.2, 0) is 28.7 Å². The van der Waals surface area contributed by atoms with Crippen molar-refractivity contribution in [3.63, 3.8) is 0 Å². The Balaban J connectivity index is 1.48. The molecule has 0 spiro atoms. The molecule has 1 saturated heterocycles. The summed E-state index contributed by atoms with van der Waals surface area (Å²) in [7, 11) is 0. The first-order chi connectivity index (χ1) is 18.4. The highest BCUT2D eigenvalue weighted by molar-refractivity contribution is 7.80. The number of aliphatic carboxylic acids is 1. The van der Waals surface area contributed by atoms with Crippen molar-refractivity contribution < 1.29 is 38.9 Å². The zero-order valence-corrected chi connectivity index (χ0v) is 21.2. The van der Waals surface area contributed by atoms with Crippen LogP contribution in [0.5, 0.6) is 0 Å². The minimum Gasteiger partial charge on any atom is -0.480 e. The summed E-state index contributed by atoms with van der Waals surface area (Å²) >= 11 is 3.99. The molecule has 19 heteroatoms. The minimum atomic E-state index is -1.26. The fourth-order valence-electron chi connectivity index (χ4n) is 3.70. The number of anilines is 1. The highest BCUT2D eigenvalue weighted by atomic mass is 32.1. The standard InChI is InChI=1S/C20H28N8O10S/c21-7(18(34)35)1-2-11(30)24-8(6-39)16(32)23-4-13(31)37-5-10-9(29)3-12(38-10)28-15-14(25-20(28)36)17(33)27-19(22)26-15/h7-10,12,29,39H,1-6,21H2,(H,23,32)(H,24,30)(H,25,36)(H,34,35)(H3,22,26,27,33)/t7?,8?,9-,10+,12+/m0/s1. The number of aliphatic hydroxyl groups is 1. The van der Waals surface area contributed by atoms with Crippen molar-refractivity contribution in [3.05, 3.63) is 20.8 Å². The van der Waals surface area contributed by atoms with E-state index in [1.54, 1.807) is 0 Å². The number of rotatable bonds is 12. The number of H-pyrrole nitrogens is 2. The maximum Gasteiger partial charge on any atom is 0.329 e. The highest BCUT2D eigenvalue weighted by Crippen LogP contribution is 2.29. The number of nitrogens with two attached hydrogens (primary N) is 2. The van der Waals surface area contributed by atoms with Gasteiger partial charge >= 0.3 is 17.6 Å². The van der Waals surface area contributed by atoms with Gasteiger partial charge in [-0.2, -0.15) is 17.6 Å². The molecule has 3 heterocycles. The van der Waals surface area contributed by atoms with E-state index in [9.17, 15) is 33.9 Å². The van der Waals surface area contributed by atoms with Crippen LogP contribution in [0.2, 0.25) is 0 Å². The number of aromatic nitrogens is 4.